The van der Waals surface area contributed by atoms with Crippen molar-refractivity contribution in [3.8, 4) is 16.3 Å². The lowest BCUT2D eigenvalue weighted by Crippen LogP contribution is -2.09. The fourth-order valence-electron chi connectivity index (χ4n) is 2.29. The number of nitrogens with zero attached hydrogens (tertiary/aromatic N) is 2. The maximum absolute atomic E-state index is 11.6. The van der Waals surface area contributed by atoms with Crippen LogP contribution in [0, 0.1) is 6.92 Å². The van der Waals surface area contributed by atoms with Crippen LogP contribution in [0.2, 0.25) is 0 Å². The maximum Gasteiger partial charge on any atom is 0.187 e. The van der Waals surface area contributed by atoms with Crippen molar-refractivity contribution in [2.45, 2.75) is 31.8 Å². The summed E-state index contributed by atoms with van der Waals surface area (Å²) in [6, 6.07) is 5.16. The quantitative estimate of drug-likeness (QED) is 0.572. The number of aryl methyl sites for hydroxylation is 1. The van der Waals surface area contributed by atoms with Crippen LogP contribution in [-0.4, -0.2) is 20.3 Å². The summed E-state index contributed by atoms with van der Waals surface area (Å²) >= 11 is 2.86. The molecule has 0 bridgehead atoms. The van der Waals surface area contributed by atoms with Crippen molar-refractivity contribution >= 4 is 49.6 Å². The van der Waals surface area contributed by atoms with Gasteiger partial charge in [0.2, 0.25) is 0 Å². The molecule has 0 fully saturated rings. The first kappa shape index (κ1) is 18.8. The average Bonchev–Trinajstić information content (AvgIpc) is 3.14. The largest absolute Gasteiger partial charge is 0.489 e. The lowest BCUT2D eigenvalue weighted by molar-refractivity contribution is 0.243. The number of thiazole rings is 2. The number of nitrogens with two attached hydrogens (primary N) is 2. The molecule has 1 aromatic carbocycles. The van der Waals surface area contributed by atoms with Crippen LogP contribution >= 0.6 is 22.7 Å². The molecule has 0 saturated heterocycles. The number of nitrogens with one attached hydrogen (secondary N) is 1. The summed E-state index contributed by atoms with van der Waals surface area (Å²) in [7, 11) is -1.58. The highest BCUT2D eigenvalue weighted by molar-refractivity contribution is 7.82. The van der Waals surface area contributed by atoms with E-state index in [1.807, 2.05) is 26.2 Å². The summed E-state index contributed by atoms with van der Waals surface area (Å²) in [5, 5.41) is 11.9. The van der Waals surface area contributed by atoms with Crippen LogP contribution in [0.25, 0.3) is 10.6 Å². The topological polar surface area (TPSA) is 116 Å². The van der Waals surface area contributed by atoms with Crippen molar-refractivity contribution in [2.75, 3.05) is 11.1 Å². The Morgan fingerprint density at radius 2 is 2.08 bits per heavy atom. The third-order valence-electron chi connectivity index (χ3n) is 3.34. The van der Waals surface area contributed by atoms with Crippen molar-refractivity contribution < 1.29 is 8.95 Å². The minimum atomic E-state index is -1.58. The molecule has 3 aromatic rings. The first-order chi connectivity index (χ1) is 12.3. The minimum Gasteiger partial charge on any atom is -0.489 e. The second-order valence-corrected chi connectivity index (χ2v) is 8.71. The molecule has 1 atom stereocenters. The molecule has 0 radical (unpaired) electrons. The van der Waals surface area contributed by atoms with Gasteiger partial charge in [-0.05, 0) is 39.0 Å². The van der Waals surface area contributed by atoms with Crippen molar-refractivity contribution in [1.29, 1.82) is 0 Å². The molecular weight excluding hydrogens is 390 g/mol. The normalized spacial score (nSPS) is 12.3. The van der Waals surface area contributed by atoms with E-state index < -0.39 is 11.0 Å². The summed E-state index contributed by atoms with van der Waals surface area (Å²) in [5.74, 6) is 0.643. The molecule has 2 heterocycles. The van der Waals surface area contributed by atoms with E-state index in [-0.39, 0.29) is 6.10 Å². The molecule has 0 saturated carbocycles. The molecular formula is C16H19N5O2S3. The Labute approximate surface area is 162 Å². The smallest absolute Gasteiger partial charge is 0.187 e. The first-order valence-corrected chi connectivity index (χ1v) is 10.7. The predicted octanol–water partition coefficient (Wildman–Crippen LogP) is 3.67. The highest BCUT2D eigenvalue weighted by Gasteiger charge is 2.14. The van der Waals surface area contributed by atoms with Gasteiger partial charge in [-0.2, -0.15) is 0 Å². The van der Waals surface area contributed by atoms with Crippen LogP contribution in [-0.2, 0) is 11.0 Å². The molecule has 138 valence electrons. The highest BCUT2D eigenvalue weighted by atomic mass is 32.2. The minimum absolute atomic E-state index is 0.000511. The zero-order chi connectivity index (χ0) is 18.8. The van der Waals surface area contributed by atoms with E-state index in [0.29, 0.717) is 26.6 Å². The predicted molar refractivity (Wildman–Crippen MR) is 108 cm³/mol. The van der Waals surface area contributed by atoms with E-state index in [0.717, 1.165) is 16.3 Å². The maximum atomic E-state index is 11.6. The summed E-state index contributed by atoms with van der Waals surface area (Å²) in [6.07, 6.45) is -0.000511. The molecule has 1 unspecified atom stereocenters. The van der Waals surface area contributed by atoms with Crippen molar-refractivity contribution in [3.05, 3.63) is 29.3 Å². The van der Waals surface area contributed by atoms with E-state index in [4.69, 9.17) is 15.6 Å². The summed E-state index contributed by atoms with van der Waals surface area (Å²) in [5.41, 5.74) is 8.10. The van der Waals surface area contributed by atoms with Crippen LogP contribution < -0.4 is 20.9 Å². The van der Waals surface area contributed by atoms with Gasteiger partial charge in [0.1, 0.15) is 16.7 Å². The Balaban J connectivity index is 1.91. The second-order valence-electron chi connectivity index (χ2n) is 5.75. The summed E-state index contributed by atoms with van der Waals surface area (Å²) in [4.78, 5) is 10.3. The van der Waals surface area contributed by atoms with Gasteiger partial charge in [-0.15, -0.1) is 11.3 Å². The van der Waals surface area contributed by atoms with Crippen LogP contribution in [0.1, 0.15) is 19.5 Å². The first-order valence-electron chi connectivity index (χ1n) is 7.76. The molecule has 3 rings (SSSR count). The zero-order valence-corrected chi connectivity index (χ0v) is 16.9. The Morgan fingerprint density at radius 3 is 2.69 bits per heavy atom. The van der Waals surface area contributed by atoms with E-state index >= 15 is 0 Å². The number of rotatable bonds is 6. The Bertz CT molecular complexity index is 951. The van der Waals surface area contributed by atoms with Crippen LogP contribution in [0.5, 0.6) is 5.75 Å². The van der Waals surface area contributed by atoms with Crippen molar-refractivity contribution in [3.63, 3.8) is 0 Å². The van der Waals surface area contributed by atoms with Gasteiger partial charge in [0.15, 0.2) is 10.3 Å². The number of ether oxygens (including phenoxy) is 1. The van der Waals surface area contributed by atoms with Crippen LogP contribution in [0.3, 0.4) is 0 Å². The number of hydrogen-bond acceptors (Lipinski definition) is 8. The van der Waals surface area contributed by atoms with Gasteiger partial charge in [-0.3, -0.25) is 0 Å². The van der Waals surface area contributed by atoms with Crippen LogP contribution in [0.15, 0.2) is 28.5 Å². The van der Waals surface area contributed by atoms with Gasteiger partial charge < -0.3 is 15.8 Å². The number of nitrogen functional groups attached to an aromatic ring is 1. The Morgan fingerprint density at radius 1 is 1.31 bits per heavy atom. The molecule has 0 aliphatic carbocycles. The van der Waals surface area contributed by atoms with Crippen molar-refractivity contribution in [1.82, 2.24) is 9.97 Å². The van der Waals surface area contributed by atoms with E-state index in [9.17, 15) is 4.21 Å². The molecule has 2 aromatic heterocycles. The summed E-state index contributed by atoms with van der Waals surface area (Å²) < 4.78 is 17.4. The highest BCUT2D eigenvalue weighted by Crippen LogP contribution is 2.36. The fraction of sp³-hybridized carbons (Fsp3) is 0.250. The SMILES string of the molecule is Cc1nc(N)sc1-c1csc(Nc2cc(S(N)=O)ccc2OC(C)C)n1. The second kappa shape index (κ2) is 7.70. The molecule has 10 heteroatoms. The van der Waals surface area contributed by atoms with Crippen molar-refractivity contribution in [2.24, 2.45) is 5.14 Å². The third-order valence-corrected chi connectivity index (χ3v) is 5.82. The summed E-state index contributed by atoms with van der Waals surface area (Å²) in [6.45, 7) is 5.79. The standard InChI is InChI=1S/C16H19N5O2S3/c1-8(2)23-13-5-4-10(26(18)22)6-11(13)20-16-21-12(7-24-16)14-9(3)19-15(17)25-14/h4-8H,18H2,1-3H3,(H2,17,19)(H,20,21). The molecule has 0 aliphatic heterocycles. The molecule has 5 N–H and O–H groups in total. The molecule has 0 spiro atoms. The molecule has 0 aliphatic rings. The third kappa shape index (κ3) is 4.21. The average molecular weight is 410 g/mol. The monoisotopic (exact) mass is 409 g/mol. The Hall–Kier alpha value is -2.01. The molecule has 0 amide bonds. The molecule has 26 heavy (non-hydrogen) atoms. The molecule has 7 nitrogen and oxygen atoms in total. The van der Waals surface area contributed by atoms with Crippen LogP contribution in [0.4, 0.5) is 16.0 Å². The van der Waals surface area contributed by atoms with Gasteiger partial charge in [0, 0.05) is 5.38 Å². The Kier molecular flexibility index (Phi) is 5.56. The number of anilines is 3. The van der Waals surface area contributed by atoms with Gasteiger partial charge in [-0.1, -0.05) is 11.3 Å². The van der Waals surface area contributed by atoms with Gasteiger partial charge >= 0.3 is 0 Å². The van der Waals surface area contributed by atoms with E-state index in [1.165, 1.54) is 22.7 Å². The van der Waals surface area contributed by atoms with Gasteiger partial charge in [0.05, 0.1) is 33.0 Å². The number of aromatic nitrogens is 2. The van der Waals surface area contributed by atoms with E-state index in [1.54, 1.807) is 18.2 Å². The number of hydrogen-bond donors (Lipinski definition) is 3. The zero-order valence-electron chi connectivity index (χ0n) is 14.5. The fourth-order valence-corrected chi connectivity index (χ4v) is 4.31. The van der Waals surface area contributed by atoms with E-state index in [2.05, 4.69) is 15.3 Å². The lowest BCUT2D eigenvalue weighted by atomic mass is 10.3. The van der Waals surface area contributed by atoms with Gasteiger partial charge in [-0.25, -0.2) is 19.3 Å². The number of benzene rings is 1. The lowest BCUT2D eigenvalue weighted by Gasteiger charge is -2.15. The van der Waals surface area contributed by atoms with Gasteiger partial charge in [0.25, 0.3) is 0 Å².